The zero-order valence-corrected chi connectivity index (χ0v) is 18.8. The van der Waals surface area contributed by atoms with Crippen molar-refractivity contribution < 1.29 is 24.2 Å². The van der Waals surface area contributed by atoms with Gasteiger partial charge in [0.15, 0.2) is 5.78 Å². The molecular weight excluding hydrogens is 406 g/mol. The van der Waals surface area contributed by atoms with Crippen molar-refractivity contribution in [3.63, 3.8) is 0 Å². The van der Waals surface area contributed by atoms with Crippen molar-refractivity contribution in [1.82, 2.24) is 0 Å². The first-order valence-corrected chi connectivity index (χ1v) is 11.1. The third-order valence-corrected chi connectivity index (χ3v) is 5.43. The summed E-state index contributed by atoms with van der Waals surface area (Å²) in [5.41, 5.74) is 3.89. The second-order valence-electron chi connectivity index (χ2n) is 7.96. The van der Waals surface area contributed by atoms with Gasteiger partial charge in [-0.25, -0.2) is 4.79 Å². The number of nitrogens with zero attached hydrogens (tertiary/aromatic N) is 1. The minimum atomic E-state index is -0.959. The van der Waals surface area contributed by atoms with E-state index in [2.05, 4.69) is 6.92 Å². The molecule has 0 saturated carbocycles. The molecule has 6 heteroatoms. The van der Waals surface area contributed by atoms with Crippen LogP contribution >= 0.6 is 0 Å². The summed E-state index contributed by atoms with van der Waals surface area (Å²) in [7, 11) is 0. The molecule has 3 rings (SSSR count). The van der Waals surface area contributed by atoms with E-state index in [1.54, 1.807) is 13.0 Å². The Balaban J connectivity index is 1.75. The molecule has 1 saturated heterocycles. The van der Waals surface area contributed by atoms with E-state index < -0.39 is 5.97 Å². The topological polar surface area (TPSA) is 76.1 Å². The molecular formula is C26H31NO5. The van der Waals surface area contributed by atoms with Crippen molar-refractivity contribution in [2.75, 3.05) is 37.8 Å². The van der Waals surface area contributed by atoms with Crippen LogP contribution in [0.5, 0.6) is 5.75 Å². The van der Waals surface area contributed by atoms with Crippen LogP contribution in [0.3, 0.4) is 0 Å². The molecule has 1 aliphatic rings. The number of Topliss-reactive ketones (excluding diaryl/α,β-unsaturated/α-hetero) is 1. The Morgan fingerprint density at radius 2 is 1.84 bits per heavy atom. The highest BCUT2D eigenvalue weighted by Gasteiger charge is 2.21. The molecule has 32 heavy (non-hydrogen) atoms. The van der Waals surface area contributed by atoms with Crippen LogP contribution in [0.2, 0.25) is 0 Å². The van der Waals surface area contributed by atoms with Gasteiger partial charge < -0.3 is 19.5 Å². The summed E-state index contributed by atoms with van der Waals surface area (Å²) in [5, 5.41) is 9.33. The van der Waals surface area contributed by atoms with Gasteiger partial charge in [-0.05, 0) is 60.4 Å². The van der Waals surface area contributed by atoms with Crippen molar-refractivity contribution in [1.29, 1.82) is 0 Å². The number of aliphatic carboxylic acids is 1. The lowest BCUT2D eigenvalue weighted by Gasteiger charge is -2.20. The molecule has 0 amide bonds. The molecule has 2 aromatic carbocycles. The van der Waals surface area contributed by atoms with Gasteiger partial charge in [0.05, 0.1) is 13.2 Å². The number of ketones is 1. The second-order valence-corrected chi connectivity index (χ2v) is 7.96. The molecule has 170 valence electrons. The van der Waals surface area contributed by atoms with Crippen LogP contribution in [0, 0.1) is 0 Å². The molecule has 1 heterocycles. The van der Waals surface area contributed by atoms with Gasteiger partial charge >= 0.3 is 5.97 Å². The molecule has 0 atom stereocenters. The zero-order valence-electron chi connectivity index (χ0n) is 18.8. The highest BCUT2D eigenvalue weighted by Crippen LogP contribution is 2.31. The number of unbranched alkanes of at least 4 members (excludes halogenated alkanes) is 1. The summed E-state index contributed by atoms with van der Waals surface area (Å²) in [6.45, 7) is 6.57. The normalized spacial score (nSPS) is 14.1. The number of hydrogen-bond donors (Lipinski definition) is 1. The molecule has 0 radical (unpaired) electrons. The largest absolute Gasteiger partial charge is 0.491 e. The first-order valence-electron chi connectivity index (χ1n) is 11.1. The van der Waals surface area contributed by atoms with Crippen LogP contribution in [-0.2, 0) is 14.3 Å². The Labute approximate surface area is 189 Å². The maximum Gasteiger partial charge on any atom is 0.331 e. The minimum Gasteiger partial charge on any atom is -0.491 e. The number of carboxylic acid groups (broad SMARTS) is 1. The van der Waals surface area contributed by atoms with Crippen molar-refractivity contribution in [2.24, 2.45) is 0 Å². The quantitative estimate of drug-likeness (QED) is 0.401. The summed E-state index contributed by atoms with van der Waals surface area (Å²) >= 11 is 0. The molecule has 1 aliphatic heterocycles. The second kappa shape index (κ2) is 11.5. The number of anilines is 1. The lowest BCUT2D eigenvalue weighted by atomic mass is 10.00. The van der Waals surface area contributed by atoms with E-state index in [1.807, 2.05) is 47.4 Å². The van der Waals surface area contributed by atoms with Gasteiger partial charge in [0.1, 0.15) is 12.4 Å². The van der Waals surface area contributed by atoms with Crippen LogP contribution in [0.4, 0.5) is 5.69 Å². The number of carbonyl (C=O) groups is 2. The first-order chi connectivity index (χ1) is 15.5. The Morgan fingerprint density at radius 3 is 2.50 bits per heavy atom. The van der Waals surface area contributed by atoms with Gasteiger partial charge in [-0.3, -0.25) is 4.79 Å². The van der Waals surface area contributed by atoms with Crippen LogP contribution in [0.25, 0.3) is 17.2 Å². The van der Waals surface area contributed by atoms with Crippen LogP contribution < -0.4 is 9.64 Å². The Hall–Kier alpha value is -3.12. The number of hydrogen-bond acceptors (Lipinski definition) is 5. The molecule has 0 bridgehead atoms. The maximum atomic E-state index is 11.8. The number of rotatable bonds is 11. The molecule has 0 aromatic heterocycles. The summed E-state index contributed by atoms with van der Waals surface area (Å²) in [4.78, 5) is 25.1. The van der Waals surface area contributed by atoms with Gasteiger partial charge in [-0.2, -0.15) is 0 Å². The molecule has 6 nitrogen and oxygen atoms in total. The fourth-order valence-corrected chi connectivity index (χ4v) is 3.58. The van der Waals surface area contributed by atoms with Crippen molar-refractivity contribution in [3.8, 4) is 16.9 Å². The smallest absolute Gasteiger partial charge is 0.331 e. The standard InChI is InChI=1S/C26H31NO5/c1-3-4-13-31-14-15-32-24-8-5-20(6-9-24)21-7-10-25(27-12-11-23(28)18-27)22(17-21)16-19(2)26(29)30/h5-10,16-17H,3-4,11-15,18H2,1-2H3,(H,29,30). The molecule has 1 N–H and O–H groups in total. The minimum absolute atomic E-state index is 0.199. The van der Waals surface area contributed by atoms with E-state index in [0.29, 0.717) is 32.7 Å². The predicted octanol–water partition coefficient (Wildman–Crippen LogP) is 4.82. The lowest BCUT2D eigenvalue weighted by Crippen LogP contribution is -2.20. The molecule has 2 aromatic rings. The Bertz CT molecular complexity index is 965. The fraction of sp³-hybridized carbons (Fsp3) is 0.385. The van der Waals surface area contributed by atoms with Gasteiger partial charge in [0.25, 0.3) is 0 Å². The Morgan fingerprint density at radius 1 is 1.09 bits per heavy atom. The van der Waals surface area contributed by atoms with Crippen molar-refractivity contribution in [2.45, 2.75) is 33.1 Å². The van der Waals surface area contributed by atoms with Crippen molar-refractivity contribution >= 4 is 23.5 Å². The fourth-order valence-electron chi connectivity index (χ4n) is 3.58. The van der Waals surface area contributed by atoms with E-state index in [1.165, 1.54) is 0 Å². The average Bonchev–Trinajstić information content (AvgIpc) is 3.22. The SMILES string of the molecule is CCCCOCCOc1ccc(-c2ccc(N3CCC(=O)C3)c(C=C(C)C(=O)O)c2)cc1. The number of ether oxygens (including phenoxy) is 2. The lowest BCUT2D eigenvalue weighted by molar-refractivity contribution is -0.132. The van der Waals surface area contributed by atoms with E-state index >= 15 is 0 Å². The first kappa shape index (κ1) is 23.5. The third kappa shape index (κ3) is 6.44. The maximum absolute atomic E-state index is 11.8. The average molecular weight is 438 g/mol. The molecule has 1 fully saturated rings. The van der Waals surface area contributed by atoms with E-state index in [4.69, 9.17) is 9.47 Å². The van der Waals surface area contributed by atoms with Crippen LogP contribution in [-0.4, -0.2) is 49.8 Å². The van der Waals surface area contributed by atoms with Crippen LogP contribution in [0.1, 0.15) is 38.7 Å². The third-order valence-electron chi connectivity index (χ3n) is 5.43. The van der Waals surface area contributed by atoms with E-state index in [0.717, 1.165) is 47.6 Å². The summed E-state index contributed by atoms with van der Waals surface area (Å²) in [6.07, 6.45) is 4.37. The molecule has 0 unspecified atom stereocenters. The highest BCUT2D eigenvalue weighted by molar-refractivity contribution is 5.94. The zero-order chi connectivity index (χ0) is 22.9. The summed E-state index contributed by atoms with van der Waals surface area (Å²) in [6, 6.07) is 13.8. The van der Waals surface area contributed by atoms with Gasteiger partial charge in [0, 0.05) is 30.8 Å². The van der Waals surface area contributed by atoms with Crippen molar-refractivity contribution in [3.05, 3.63) is 53.6 Å². The van der Waals surface area contributed by atoms with Gasteiger partial charge in [-0.15, -0.1) is 0 Å². The van der Waals surface area contributed by atoms with Gasteiger partial charge in [0.2, 0.25) is 0 Å². The summed E-state index contributed by atoms with van der Waals surface area (Å²) in [5.74, 6) is 0.0197. The van der Waals surface area contributed by atoms with Gasteiger partial charge in [-0.1, -0.05) is 31.5 Å². The molecule has 0 spiro atoms. The highest BCUT2D eigenvalue weighted by atomic mass is 16.5. The number of benzene rings is 2. The van der Waals surface area contributed by atoms with Crippen LogP contribution in [0.15, 0.2) is 48.0 Å². The summed E-state index contributed by atoms with van der Waals surface area (Å²) < 4.78 is 11.3. The van der Waals surface area contributed by atoms with E-state index in [9.17, 15) is 14.7 Å². The monoisotopic (exact) mass is 437 g/mol. The number of carboxylic acids is 1. The molecule has 0 aliphatic carbocycles. The number of carbonyl (C=O) groups excluding carboxylic acids is 1. The Kier molecular flexibility index (Phi) is 8.45. The predicted molar refractivity (Wildman–Crippen MR) is 126 cm³/mol. The van der Waals surface area contributed by atoms with E-state index in [-0.39, 0.29) is 11.4 Å².